The number of anilines is 3. The Balaban J connectivity index is 1.31. The van der Waals surface area contributed by atoms with Crippen LogP contribution in [0.2, 0.25) is 0 Å². The highest BCUT2D eigenvalue weighted by atomic mass is 16.3. The van der Waals surface area contributed by atoms with Gasteiger partial charge in [0, 0.05) is 38.5 Å². The van der Waals surface area contributed by atoms with Crippen molar-refractivity contribution in [1.82, 2.24) is 0 Å². The molecule has 0 saturated carbocycles. The van der Waals surface area contributed by atoms with Gasteiger partial charge in [-0.25, -0.2) is 0 Å². The highest BCUT2D eigenvalue weighted by Gasteiger charge is 2.24. The molecule has 0 unspecified atom stereocenters. The topological polar surface area (TPSA) is 29.5 Å². The summed E-state index contributed by atoms with van der Waals surface area (Å²) < 4.78 is 13.5. The van der Waals surface area contributed by atoms with Crippen LogP contribution in [0.25, 0.3) is 66.1 Å². The zero-order valence-corrected chi connectivity index (χ0v) is 25.3. The number of rotatable bonds is 5. The van der Waals surface area contributed by atoms with Crippen LogP contribution in [0.4, 0.5) is 17.1 Å². The van der Waals surface area contributed by atoms with Crippen molar-refractivity contribution >= 4 is 60.9 Å². The third-order valence-corrected chi connectivity index (χ3v) is 9.01. The fourth-order valence-corrected chi connectivity index (χ4v) is 6.87. The van der Waals surface area contributed by atoms with Gasteiger partial charge in [-0.1, -0.05) is 115 Å². The van der Waals surface area contributed by atoms with E-state index in [0.29, 0.717) is 0 Å². The first-order valence-electron chi connectivity index (χ1n) is 15.6. The normalized spacial score (nSPS) is 11.6. The minimum absolute atomic E-state index is 0.832. The van der Waals surface area contributed by atoms with E-state index in [4.69, 9.17) is 8.83 Å². The predicted molar refractivity (Wildman–Crippen MR) is 191 cm³/mol. The van der Waals surface area contributed by atoms with Gasteiger partial charge in [-0.15, -0.1) is 0 Å². The fourth-order valence-electron chi connectivity index (χ4n) is 6.87. The molecule has 2 aromatic heterocycles. The number of nitrogens with zero attached hydrogens (tertiary/aromatic N) is 1. The van der Waals surface area contributed by atoms with E-state index in [2.05, 4.69) is 151 Å². The average molecular weight is 592 g/mol. The largest absolute Gasteiger partial charge is 0.456 e. The van der Waals surface area contributed by atoms with Crippen LogP contribution in [-0.2, 0) is 0 Å². The highest BCUT2D eigenvalue weighted by Crippen LogP contribution is 2.48. The molecule has 0 bridgehead atoms. The van der Waals surface area contributed by atoms with Crippen LogP contribution in [0.3, 0.4) is 0 Å². The zero-order chi connectivity index (χ0) is 30.6. The first-order chi connectivity index (χ1) is 22.7. The molecule has 0 radical (unpaired) electrons. The molecule has 0 N–H and O–H groups in total. The average Bonchev–Trinajstić information content (AvgIpc) is 3.67. The molecule has 9 rings (SSSR count). The summed E-state index contributed by atoms with van der Waals surface area (Å²) in [4.78, 5) is 2.29. The second-order valence-corrected chi connectivity index (χ2v) is 11.8. The molecule has 3 nitrogen and oxygen atoms in total. The van der Waals surface area contributed by atoms with Crippen LogP contribution in [0, 0.1) is 6.92 Å². The summed E-state index contributed by atoms with van der Waals surface area (Å²) >= 11 is 0. The molecule has 3 heteroatoms. The number of aryl methyl sites for hydroxylation is 1. The van der Waals surface area contributed by atoms with Gasteiger partial charge < -0.3 is 13.7 Å². The van der Waals surface area contributed by atoms with Crippen LogP contribution >= 0.6 is 0 Å². The molecule has 2 heterocycles. The summed E-state index contributed by atoms with van der Waals surface area (Å²) in [5.41, 5.74) is 12.3. The number of hydrogen-bond donors (Lipinski definition) is 0. The quantitative estimate of drug-likeness (QED) is 0.199. The minimum atomic E-state index is 0.832. The SMILES string of the molecule is Cc1ccccc1-c1ccc(N(c2ccccc2)c2cccc3c2oc2c(-c4ccccc4)c4c(cc23)oc2ccccc24)cc1. The van der Waals surface area contributed by atoms with E-state index in [1.165, 1.54) is 16.7 Å². The van der Waals surface area contributed by atoms with Gasteiger partial charge >= 0.3 is 0 Å². The third kappa shape index (κ3) is 4.13. The van der Waals surface area contributed by atoms with Crippen molar-refractivity contribution in [3.05, 3.63) is 163 Å². The van der Waals surface area contributed by atoms with Crippen LogP contribution < -0.4 is 4.90 Å². The standard InChI is InChI=1S/C43H29NO2/c1-28-13-8-9-18-33(28)29-23-25-32(26-24-29)44(31-16-6-3-7-17-31)37-21-12-20-34-36-27-39-41(35-19-10-11-22-38(35)45-39)40(43(36)46-42(34)37)30-14-4-2-5-15-30/h2-27H,1H3. The first-order valence-corrected chi connectivity index (χ1v) is 15.6. The Labute approximate surface area is 266 Å². The maximum atomic E-state index is 7.04. The molecule has 9 aromatic rings. The van der Waals surface area contributed by atoms with Crippen molar-refractivity contribution < 1.29 is 8.83 Å². The number of benzene rings is 7. The van der Waals surface area contributed by atoms with Gasteiger partial charge in [0.1, 0.15) is 16.7 Å². The van der Waals surface area contributed by atoms with Crippen LogP contribution in [0.5, 0.6) is 0 Å². The fraction of sp³-hybridized carbons (Fsp3) is 0.0233. The van der Waals surface area contributed by atoms with E-state index < -0.39 is 0 Å². The second kappa shape index (κ2) is 10.5. The lowest BCUT2D eigenvalue weighted by Gasteiger charge is -2.25. The monoisotopic (exact) mass is 591 g/mol. The minimum Gasteiger partial charge on any atom is -0.456 e. The second-order valence-electron chi connectivity index (χ2n) is 11.8. The number of hydrogen-bond acceptors (Lipinski definition) is 3. The molecule has 7 aromatic carbocycles. The summed E-state index contributed by atoms with van der Waals surface area (Å²) in [7, 11) is 0. The third-order valence-electron chi connectivity index (χ3n) is 9.01. The first kappa shape index (κ1) is 26.4. The molecule has 0 spiro atoms. The zero-order valence-electron chi connectivity index (χ0n) is 25.3. The van der Waals surface area contributed by atoms with Crippen molar-refractivity contribution in [2.45, 2.75) is 6.92 Å². The molecule has 0 aliphatic heterocycles. The summed E-state index contributed by atoms with van der Waals surface area (Å²) in [6.07, 6.45) is 0. The van der Waals surface area contributed by atoms with Gasteiger partial charge in [-0.2, -0.15) is 0 Å². The van der Waals surface area contributed by atoms with Crippen molar-refractivity contribution in [1.29, 1.82) is 0 Å². The molecule has 0 atom stereocenters. The molecule has 0 aliphatic carbocycles. The van der Waals surface area contributed by atoms with E-state index in [0.717, 1.165) is 72.1 Å². The van der Waals surface area contributed by atoms with Crippen LogP contribution in [0.15, 0.2) is 167 Å². The molecule has 0 fully saturated rings. The Bertz CT molecular complexity index is 2520. The van der Waals surface area contributed by atoms with Gasteiger partial charge in [-0.05, 0) is 71.6 Å². The van der Waals surface area contributed by atoms with E-state index in [9.17, 15) is 0 Å². The van der Waals surface area contributed by atoms with E-state index in [1.807, 2.05) is 18.2 Å². The summed E-state index contributed by atoms with van der Waals surface area (Å²) in [5, 5.41) is 4.23. The Morgan fingerprint density at radius 3 is 1.93 bits per heavy atom. The van der Waals surface area contributed by atoms with Crippen molar-refractivity contribution in [2.75, 3.05) is 4.90 Å². The van der Waals surface area contributed by atoms with Gasteiger partial charge in [0.25, 0.3) is 0 Å². The summed E-state index contributed by atoms with van der Waals surface area (Å²) in [6, 6.07) is 55.1. The van der Waals surface area contributed by atoms with Crippen molar-refractivity contribution in [3.63, 3.8) is 0 Å². The molecule has 0 saturated heterocycles. The van der Waals surface area contributed by atoms with E-state index in [-0.39, 0.29) is 0 Å². The summed E-state index contributed by atoms with van der Waals surface area (Å²) in [5.74, 6) is 0. The van der Waals surface area contributed by atoms with Gasteiger partial charge in [0.2, 0.25) is 0 Å². The molecular formula is C43H29NO2. The molecule has 218 valence electrons. The van der Waals surface area contributed by atoms with E-state index in [1.54, 1.807) is 0 Å². The highest BCUT2D eigenvalue weighted by molar-refractivity contribution is 6.24. The Morgan fingerprint density at radius 2 is 1.13 bits per heavy atom. The van der Waals surface area contributed by atoms with Crippen LogP contribution in [0.1, 0.15) is 5.56 Å². The molecule has 46 heavy (non-hydrogen) atoms. The lowest BCUT2D eigenvalue weighted by atomic mass is 9.96. The van der Waals surface area contributed by atoms with Crippen molar-refractivity contribution in [3.8, 4) is 22.3 Å². The Hall–Kier alpha value is -6.06. The number of furan rings is 2. The lowest BCUT2D eigenvalue weighted by Crippen LogP contribution is -2.10. The van der Waals surface area contributed by atoms with Gasteiger partial charge in [0.05, 0.1) is 5.69 Å². The van der Waals surface area contributed by atoms with Gasteiger partial charge in [-0.3, -0.25) is 0 Å². The molecular weight excluding hydrogens is 562 g/mol. The maximum Gasteiger partial charge on any atom is 0.159 e. The van der Waals surface area contributed by atoms with E-state index >= 15 is 0 Å². The lowest BCUT2D eigenvalue weighted by molar-refractivity contribution is 0.665. The molecule has 0 aliphatic rings. The summed E-state index contributed by atoms with van der Waals surface area (Å²) in [6.45, 7) is 2.16. The number of fused-ring (bicyclic) bond motifs is 6. The maximum absolute atomic E-state index is 7.04. The Kier molecular flexibility index (Phi) is 6.04. The van der Waals surface area contributed by atoms with Gasteiger partial charge in [0.15, 0.2) is 5.58 Å². The Morgan fingerprint density at radius 1 is 0.457 bits per heavy atom. The van der Waals surface area contributed by atoms with Crippen molar-refractivity contribution in [2.24, 2.45) is 0 Å². The predicted octanol–water partition coefficient (Wildman–Crippen LogP) is 12.6. The number of para-hydroxylation sites is 3. The van der Waals surface area contributed by atoms with Crippen LogP contribution in [-0.4, -0.2) is 0 Å². The smallest absolute Gasteiger partial charge is 0.159 e. The molecule has 0 amide bonds.